The highest BCUT2D eigenvalue weighted by Crippen LogP contribution is 2.17. The topological polar surface area (TPSA) is 56.0 Å². The minimum Gasteiger partial charge on any atom is -0.338 e. The van der Waals surface area contributed by atoms with Gasteiger partial charge in [0.15, 0.2) is 0 Å². The second-order valence-corrected chi connectivity index (χ2v) is 6.55. The predicted octanol–water partition coefficient (Wildman–Crippen LogP) is 3.49. The van der Waals surface area contributed by atoms with Crippen molar-refractivity contribution in [1.82, 2.24) is 10.1 Å². The fourth-order valence-electron chi connectivity index (χ4n) is 2.08. The van der Waals surface area contributed by atoms with Crippen LogP contribution in [0.4, 0.5) is 0 Å². The van der Waals surface area contributed by atoms with E-state index in [1.165, 1.54) is 5.56 Å². The molecule has 4 nitrogen and oxygen atoms in total. The predicted molar refractivity (Wildman–Crippen MR) is 86.5 cm³/mol. The maximum absolute atomic E-state index is 12.2. The van der Waals surface area contributed by atoms with E-state index in [0.717, 1.165) is 11.1 Å². The molecule has 0 N–H and O–H groups in total. The first-order valence-corrected chi connectivity index (χ1v) is 8.48. The average Bonchev–Trinajstić information content (AvgIpc) is 2.97. The van der Waals surface area contributed by atoms with Crippen molar-refractivity contribution < 1.29 is 8.73 Å². The van der Waals surface area contributed by atoms with Crippen LogP contribution in [0.5, 0.6) is 0 Å². The summed E-state index contributed by atoms with van der Waals surface area (Å²) in [6, 6.07) is 17.6. The number of aryl methyl sites for hydroxylation is 1. The Hall–Kier alpha value is -2.27. The molecule has 0 saturated heterocycles. The van der Waals surface area contributed by atoms with Crippen LogP contribution in [0.1, 0.15) is 17.0 Å². The zero-order chi connectivity index (χ0) is 15.4. The SMILES string of the molecule is Cc1ccc(-c2noc(CS(=O)Cc3ccccc3)n2)cc1. The summed E-state index contributed by atoms with van der Waals surface area (Å²) in [7, 11) is -1.06. The molecular weight excluding hydrogens is 296 g/mol. The lowest BCUT2D eigenvalue weighted by molar-refractivity contribution is 0.390. The van der Waals surface area contributed by atoms with Gasteiger partial charge in [0.2, 0.25) is 11.7 Å². The second kappa shape index (κ2) is 6.66. The smallest absolute Gasteiger partial charge is 0.239 e. The Kier molecular flexibility index (Phi) is 4.44. The van der Waals surface area contributed by atoms with E-state index in [4.69, 9.17) is 4.52 Å². The Balaban J connectivity index is 1.66. The van der Waals surface area contributed by atoms with Crippen molar-refractivity contribution in [2.24, 2.45) is 0 Å². The summed E-state index contributed by atoms with van der Waals surface area (Å²) >= 11 is 0. The molecule has 3 aromatic rings. The molecule has 0 aliphatic rings. The van der Waals surface area contributed by atoms with Gasteiger partial charge in [-0.1, -0.05) is 65.3 Å². The quantitative estimate of drug-likeness (QED) is 0.723. The van der Waals surface area contributed by atoms with Crippen LogP contribution >= 0.6 is 0 Å². The molecule has 0 aliphatic carbocycles. The third-order valence-corrected chi connectivity index (χ3v) is 4.46. The van der Waals surface area contributed by atoms with Crippen LogP contribution < -0.4 is 0 Å². The van der Waals surface area contributed by atoms with Gasteiger partial charge in [-0.2, -0.15) is 4.98 Å². The molecule has 22 heavy (non-hydrogen) atoms. The number of hydrogen-bond acceptors (Lipinski definition) is 4. The van der Waals surface area contributed by atoms with Gasteiger partial charge < -0.3 is 4.52 Å². The van der Waals surface area contributed by atoms with Crippen LogP contribution in [0, 0.1) is 6.92 Å². The van der Waals surface area contributed by atoms with Crippen molar-refractivity contribution in [2.75, 3.05) is 0 Å². The van der Waals surface area contributed by atoms with Gasteiger partial charge in [0.1, 0.15) is 5.75 Å². The Labute approximate surface area is 131 Å². The molecule has 0 bridgehead atoms. The molecule has 0 aliphatic heterocycles. The van der Waals surface area contributed by atoms with Gasteiger partial charge in [0.25, 0.3) is 0 Å². The summed E-state index contributed by atoms with van der Waals surface area (Å²) in [5.74, 6) is 1.70. The Bertz CT molecular complexity index is 767. The molecule has 0 amide bonds. The first-order chi connectivity index (χ1) is 10.7. The lowest BCUT2D eigenvalue weighted by atomic mass is 10.1. The molecule has 1 unspecified atom stereocenters. The van der Waals surface area contributed by atoms with Crippen molar-refractivity contribution in [3.8, 4) is 11.4 Å². The lowest BCUT2D eigenvalue weighted by Crippen LogP contribution is -1.99. The van der Waals surface area contributed by atoms with E-state index in [1.54, 1.807) is 0 Å². The van der Waals surface area contributed by atoms with E-state index in [2.05, 4.69) is 10.1 Å². The number of aromatic nitrogens is 2. The van der Waals surface area contributed by atoms with Gasteiger partial charge >= 0.3 is 0 Å². The van der Waals surface area contributed by atoms with Gasteiger partial charge in [-0.05, 0) is 12.5 Å². The lowest BCUT2D eigenvalue weighted by Gasteiger charge is -1.99. The van der Waals surface area contributed by atoms with Crippen LogP contribution in [0.15, 0.2) is 59.1 Å². The number of benzene rings is 2. The molecule has 1 heterocycles. The third-order valence-electron chi connectivity index (χ3n) is 3.23. The van der Waals surface area contributed by atoms with Crippen molar-refractivity contribution in [3.05, 3.63) is 71.6 Å². The zero-order valence-corrected chi connectivity index (χ0v) is 13.0. The highest BCUT2D eigenvalue weighted by atomic mass is 32.2. The van der Waals surface area contributed by atoms with Crippen LogP contribution in [0.25, 0.3) is 11.4 Å². The first-order valence-electron chi connectivity index (χ1n) is 6.99. The Morgan fingerprint density at radius 2 is 1.73 bits per heavy atom. The summed E-state index contributed by atoms with van der Waals surface area (Å²) in [4.78, 5) is 4.32. The Morgan fingerprint density at radius 1 is 1.00 bits per heavy atom. The molecule has 0 radical (unpaired) electrons. The highest BCUT2D eigenvalue weighted by molar-refractivity contribution is 7.83. The van der Waals surface area contributed by atoms with Gasteiger partial charge in [-0.25, -0.2) is 0 Å². The fraction of sp³-hybridized carbons (Fsp3) is 0.176. The van der Waals surface area contributed by atoms with Crippen molar-refractivity contribution in [3.63, 3.8) is 0 Å². The summed E-state index contributed by atoms with van der Waals surface area (Å²) in [6.45, 7) is 2.03. The third kappa shape index (κ3) is 3.68. The van der Waals surface area contributed by atoms with Crippen LogP contribution in [-0.4, -0.2) is 14.3 Å². The minimum absolute atomic E-state index is 0.272. The molecular formula is C17H16N2O2S. The molecule has 5 heteroatoms. The summed E-state index contributed by atoms with van der Waals surface area (Å²) < 4.78 is 17.4. The first kappa shape index (κ1) is 14.7. The fourth-order valence-corrected chi connectivity index (χ4v) is 3.14. The number of nitrogens with zero attached hydrogens (tertiary/aromatic N) is 2. The monoisotopic (exact) mass is 312 g/mol. The van der Waals surface area contributed by atoms with E-state index in [0.29, 0.717) is 17.5 Å². The number of rotatable bonds is 5. The van der Waals surface area contributed by atoms with E-state index in [1.807, 2.05) is 61.5 Å². The minimum atomic E-state index is -1.06. The van der Waals surface area contributed by atoms with Gasteiger partial charge in [-0.3, -0.25) is 4.21 Å². The van der Waals surface area contributed by atoms with E-state index >= 15 is 0 Å². The maximum atomic E-state index is 12.2. The molecule has 0 fully saturated rings. The van der Waals surface area contributed by atoms with Crippen molar-refractivity contribution >= 4 is 10.8 Å². The summed E-state index contributed by atoms with van der Waals surface area (Å²) in [5, 5.41) is 3.96. The summed E-state index contributed by atoms with van der Waals surface area (Å²) in [6.07, 6.45) is 0. The molecule has 0 saturated carbocycles. The molecule has 2 aromatic carbocycles. The van der Waals surface area contributed by atoms with Gasteiger partial charge in [0.05, 0.1) is 0 Å². The maximum Gasteiger partial charge on any atom is 0.239 e. The van der Waals surface area contributed by atoms with E-state index < -0.39 is 10.8 Å². The number of hydrogen-bond donors (Lipinski definition) is 0. The van der Waals surface area contributed by atoms with Gasteiger partial charge in [0, 0.05) is 22.1 Å². The second-order valence-electron chi connectivity index (χ2n) is 5.09. The summed E-state index contributed by atoms with van der Waals surface area (Å²) in [5.41, 5.74) is 3.12. The van der Waals surface area contributed by atoms with E-state index in [9.17, 15) is 4.21 Å². The van der Waals surface area contributed by atoms with Crippen molar-refractivity contribution in [2.45, 2.75) is 18.4 Å². The molecule has 0 spiro atoms. The normalized spacial score (nSPS) is 12.2. The van der Waals surface area contributed by atoms with E-state index in [-0.39, 0.29) is 5.75 Å². The molecule has 1 atom stereocenters. The molecule has 112 valence electrons. The van der Waals surface area contributed by atoms with Crippen LogP contribution in [-0.2, 0) is 22.3 Å². The van der Waals surface area contributed by atoms with Crippen LogP contribution in [0.3, 0.4) is 0 Å². The zero-order valence-electron chi connectivity index (χ0n) is 12.2. The highest BCUT2D eigenvalue weighted by Gasteiger charge is 2.12. The molecule has 1 aromatic heterocycles. The molecule has 3 rings (SSSR count). The average molecular weight is 312 g/mol. The van der Waals surface area contributed by atoms with Crippen LogP contribution in [0.2, 0.25) is 0 Å². The standard InChI is InChI=1S/C17H16N2O2S/c1-13-7-9-15(10-8-13)17-18-16(21-19-17)12-22(20)11-14-5-3-2-4-6-14/h2-10H,11-12H2,1H3. The van der Waals surface area contributed by atoms with Gasteiger partial charge in [-0.15, -0.1) is 0 Å². The largest absolute Gasteiger partial charge is 0.338 e. The van der Waals surface area contributed by atoms with Crippen molar-refractivity contribution in [1.29, 1.82) is 0 Å². The Morgan fingerprint density at radius 3 is 2.45 bits per heavy atom.